The summed E-state index contributed by atoms with van der Waals surface area (Å²) in [6.45, 7) is 5.03. The lowest BCUT2D eigenvalue weighted by atomic mass is 10.2. The van der Waals surface area contributed by atoms with Crippen LogP contribution in [0.15, 0.2) is 30.5 Å². The van der Waals surface area contributed by atoms with Crippen molar-refractivity contribution in [2.45, 2.75) is 33.0 Å². The molecule has 1 aromatic carbocycles. The summed E-state index contributed by atoms with van der Waals surface area (Å²) in [5.74, 6) is -0.0899. The Labute approximate surface area is 118 Å². The van der Waals surface area contributed by atoms with Crippen molar-refractivity contribution in [1.29, 1.82) is 0 Å². The van der Waals surface area contributed by atoms with E-state index < -0.39 is 0 Å². The maximum absolute atomic E-state index is 13.9. The van der Waals surface area contributed by atoms with Gasteiger partial charge in [-0.05, 0) is 23.8 Å². The molecule has 0 aliphatic rings. The number of halogens is 1. The monoisotopic (exact) mass is 277 g/mol. The van der Waals surface area contributed by atoms with Crippen molar-refractivity contribution in [2.24, 2.45) is 7.05 Å². The zero-order valence-electron chi connectivity index (χ0n) is 12.1. The molecule has 108 valence electrons. The number of hydrogen-bond donors (Lipinski definition) is 1. The lowest BCUT2D eigenvalue weighted by Gasteiger charge is -2.10. The molecular weight excluding hydrogens is 257 g/mol. The van der Waals surface area contributed by atoms with Crippen LogP contribution < -0.4 is 10.1 Å². The second-order valence-electron chi connectivity index (χ2n) is 5.07. The smallest absolute Gasteiger partial charge is 0.165 e. The van der Waals surface area contributed by atoms with Gasteiger partial charge in [-0.25, -0.2) is 4.39 Å². The predicted molar refractivity (Wildman–Crippen MR) is 75.9 cm³/mol. The van der Waals surface area contributed by atoms with E-state index in [0.717, 1.165) is 11.3 Å². The van der Waals surface area contributed by atoms with Crippen LogP contribution in [0.4, 0.5) is 4.39 Å². The Morgan fingerprint density at radius 3 is 2.75 bits per heavy atom. The molecule has 4 nitrogen and oxygen atoms in total. The molecule has 0 radical (unpaired) electrons. The van der Waals surface area contributed by atoms with Gasteiger partial charge in [0.1, 0.15) is 6.61 Å². The number of aryl methyl sites for hydroxylation is 1. The van der Waals surface area contributed by atoms with Crippen LogP contribution in [0.1, 0.15) is 25.1 Å². The Balaban J connectivity index is 1.95. The van der Waals surface area contributed by atoms with E-state index in [9.17, 15) is 4.39 Å². The number of nitrogens with zero attached hydrogens (tertiary/aromatic N) is 2. The van der Waals surface area contributed by atoms with Gasteiger partial charge >= 0.3 is 0 Å². The lowest BCUT2D eigenvalue weighted by molar-refractivity contribution is 0.284. The first-order valence-corrected chi connectivity index (χ1v) is 6.67. The van der Waals surface area contributed by atoms with Crippen molar-refractivity contribution in [3.05, 3.63) is 47.5 Å². The first kappa shape index (κ1) is 14.5. The molecule has 2 rings (SSSR count). The van der Waals surface area contributed by atoms with Crippen LogP contribution in [0.3, 0.4) is 0 Å². The quantitative estimate of drug-likeness (QED) is 0.882. The number of rotatable bonds is 6. The zero-order chi connectivity index (χ0) is 14.5. The molecule has 0 saturated heterocycles. The van der Waals surface area contributed by atoms with Gasteiger partial charge < -0.3 is 10.1 Å². The van der Waals surface area contributed by atoms with E-state index in [1.165, 1.54) is 6.07 Å². The molecule has 0 atom stereocenters. The highest BCUT2D eigenvalue weighted by Gasteiger charge is 2.06. The number of hydrogen-bond acceptors (Lipinski definition) is 3. The van der Waals surface area contributed by atoms with Crippen molar-refractivity contribution in [1.82, 2.24) is 15.1 Å². The molecule has 1 N–H and O–H groups in total. The van der Waals surface area contributed by atoms with E-state index in [0.29, 0.717) is 12.6 Å². The first-order chi connectivity index (χ1) is 9.54. The van der Waals surface area contributed by atoms with Gasteiger partial charge in [-0.1, -0.05) is 19.9 Å². The number of aromatic nitrogens is 2. The van der Waals surface area contributed by atoms with Crippen molar-refractivity contribution >= 4 is 0 Å². The van der Waals surface area contributed by atoms with Crippen molar-refractivity contribution in [2.75, 3.05) is 0 Å². The SMILES string of the molecule is CC(C)NCc1ccc(OCc2ccn(C)n2)c(F)c1. The fourth-order valence-corrected chi connectivity index (χ4v) is 1.79. The molecule has 0 spiro atoms. The molecular formula is C15H20FN3O. The van der Waals surface area contributed by atoms with Gasteiger partial charge in [-0.15, -0.1) is 0 Å². The van der Waals surface area contributed by atoms with Gasteiger partial charge in [0.25, 0.3) is 0 Å². The summed E-state index contributed by atoms with van der Waals surface area (Å²) in [4.78, 5) is 0. The highest BCUT2D eigenvalue weighted by Crippen LogP contribution is 2.19. The molecule has 0 aliphatic carbocycles. The summed E-state index contributed by atoms with van der Waals surface area (Å²) in [5, 5.41) is 7.43. The molecule has 0 aliphatic heterocycles. The van der Waals surface area contributed by atoms with Gasteiger partial charge in [-0.2, -0.15) is 5.10 Å². The van der Waals surface area contributed by atoms with Crippen LogP contribution in [0.5, 0.6) is 5.75 Å². The summed E-state index contributed by atoms with van der Waals surface area (Å²) in [6.07, 6.45) is 1.83. The molecule has 1 heterocycles. The second kappa shape index (κ2) is 6.52. The third-order valence-corrected chi connectivity index (χ3v) is 2.86. The summed E-state index contributed by atoms with van der Waals surface area (Å²) >= 11 is 0. The van der Waals surface area contributed by atoms with Crippen LogP contribution in [0.25, 0.3) is 0 Å². The van der Waals surface area contributed by atoms with E-state index >= 15 is 0 Å². The molecule has 1 aromatic heterocycles. The normalized spacial score (nSPS) is 11.1. The third kappa shape index (κ3) is 4.06. The number of ether oxygens (including phenoxy) is 1. The number of nitrogens with one attached hydrogen (secondary N) is 1. The van der Waals surface area contributed by atoms with Gasteiger partial charge in [0.15, 0.2) is 11.6 Å². The third-order valence-electron chi connectivity index (χ3n) is 2.86. The first-order valence-electron chi connectivity index (χ1n) is 6.67. The van der Waals surface area contributed by atoms with Gasteiger partial charge in [0, 0.05) is 25.8 Å². The molecule has 0 saturated carbocycles. The van der Waals surface area contributed by atoms with Crippen LogP contribution in [-0.2, 0) is 20.2 Å². The van der Waals surface area contributed by atoms with Crippen molar-refractivity contribution < 1.29 is 9.13 Å². The van der Waals surface area contributed by atoms with Crippen molar-refractivity contribution in [3.63, 3.8) is 0 Å². The summed E-state index contributed by atoms with van der Waals surface area (Å²) in [6, 6.07) is 7.25. The van der Waals surface area contributed by atoms with E-state index in [1.807, 2.05) is 25.4 Å². The topological polar surface area (TPSA) is 39.1 Å². The minimum absolute atomic E-state index is 0.254. The largest absolute Gasteiger partial charge is 0.484 e. The molecule has 0 amide bonds. The summed E-state index contributed by atoms with van der Waals surface area (Å²) in [5.41, 5.74) is 1.68. The molecule has 5 heteroatoms. The Bertz CT molecular complexity index is 566. The van der Waals surface area contributed by atoms with Gasteiger partial charge in [-0.3, -0.25) is 4.68 Å². The van der Waals surface area contributed by atoms with Crippen molar-refractivity contribution in [3.8, 4) is 5.75 Å². The van der Waals surface area contributed by atoms with Crippen LogP contribution >= 0.6 is 0 Å². The van der Waals surface area contributed by atoms with Crippen LogP contribution in [0, 0.1) is 5.82 Å². The van der Waals surface area contributed by atoms with Crippen LogP contribution in [0.2, 0.25) is 0 Å². The average Bonchev–Trinajstić information content (AvgIpc) is 2.81. The second-order valence-corrected chi connectivity index (χ2v) is 5.07. The van der Waals surface area contributed by atoms with Gasteiger partial charge in [0.2, 0.25) is 0 Å². The van der Waals surface area contributed by atoms with E-state index in [-0.39, 0.29) is 18.2 Å². The Kier molecular flexibility index (Phi) is 4.74. The number of benzene rings is 1. The standard InChI is InChI=1S/C15H20FN3O/c1-11(2)17-9-12-4-5-15(14(16)8-12)20-10-13-6-7-19(3)18-13/h4-8,11,17H,9-10H2,1-3H3. The summed E-state index contributed by atoms with van der Waals surface area (Å²) < 4.78 is 21.0. The molecule has 2 aromatic rings. The summed E-state index contributed by atoms with van der Waals surface area (Å²) in [7, 11) is 1.83. The maximum Gasteiger partial charge on any atom is 0.165 e. The Morgan fingerprint density at radius 2 is 2.15 bits per heavy atom. The minimum Gasteiger partial charge on any atom is -0.484 e. The van der Waals surface area contributed by atoms with E-state index in [1.54, 1.807) is 10.7 Å². The van der Waals surface area contributed by atoms with E-state index in [2.05, 4.69) is 24.3 Å². The fraction of sp³-hybridized carbons (Fsp3) is 0.400. The predicted octanol–water partition coefficient (Wildman–Crippen LogP) is 2.64. The molecule has 0 unspecified atom stereocenters. The van der Waals surface area contributed by atoms with E-state index in [4.69, 9.17) is 4.74 Å². The van der Waals surface area contributed by atoms with Crippen LogP contribution in [-0.4, -0.2) is 15.8 Å². The lowest BCUT2D eigenvalue weighted by Crippen LogP contribution is -2.21. The molecule has 20 heavy (non-hydrogen) atoms. The maximum atomic E-state index is 13.9. The fourth-order valence-electron chi connectivity index (χ4n) is 1.79. The highest BCUT2D eigenvalue weighted by atomic mass is 19.1. The Morgan fingerprint density at radius 1 is 1.35 bits per heavy atom. The Hall–Kier alpha value is -1.88. The minimum atomic E-state index is -0.344. The highest BCUT2D eigenvalue weighted by molar-refractivity contribution is 5.29. The zero-order valence-corrected chi connectivity index (χ0v) is 12.1. The molecule has 0 bridgehead atoms. The average molecular weight is 277 g/mol. The molecule has 0 fully saturated rings. The van der Waals surface area contributed by atoms with Gasteiger partial charge in [0.05, 0.1) is 5.69 Å².